The van der Waals surface area contributed by atoms with Crippen molar-refractivity contribution in [3.63, 3.8) is 0 Å². The first kappa shape index (κ1) is 31.5. The molecular formula is C51H31N5O. The van der Waals surface area contributed by atoms with Crippen molar-refractivity contribution in [2.75, 3.05) is 0 Å². The van der Waals surface area contributed by atoms with Gasteiger partial charge < -0.3 is 8.98 Å². The second kappa shape index (κ2) is 12.3. The zero-order valence-electron chi connectivity index (χ0n) is 30.5. The summed E-state index contributed by atoms with van der Waals surface area (Å²) in [6.45, 7) is 0. The van der Waals surface area contributed by atoms with Gasteiger partial charge in [0.1, 0.15) is 11.2 Å². The Morgan fingerprint density at radius 2 is 0.860 bits per heavy atom. The van der Waals surface area contributed by atoms with E-state index < -0.39 is 0 Å². The molecule has 57 heavy (non-hydrogen) atoms. The Morgan fingerprint density at radius 1 is 0.333 bits per heavy atom. The molecule has 0 atom stereocenters. The van der Waals surface area contributed by atoms with Crippen molar-refractivity contribution in [2.24, 2.45) is 0 Å². The van der Waals surface area contributed by atoms with Gasteiger partial charge >= 0.3 is 0 Å². The fraction of sp³-hybridized carbons (Fsp3) is 0. The molecule has 0 N–H and O–H groups in total. The molecule has 0 radical (unpaired) electrons. The van der Waals surface area contributed by atoms with Gasteiger partial charge in [-0.3, -0.25) is 4.57 Å². The molecule has 266 valence electrons. The first-order chi connectivity index (χ1) is 28.3. The van der Waals surface area contributed by atoms with Crippen LogP contribution in [0, 0.1) is 0 Å². The average Bonchev–Trinajstić information content (AvgIpc) is 3.94. The van der Waals surface area contributed by atoms with Gasteiger partial charge in [0.2, 0.25) is 5.95 Å². The second-order valence-electron chi connectivity index (χ2n) is 14.4. The van der Waals surface area contributed by atoms with Crippen LogP contribution in [0.4, 0.5) is 0 Å². The summed E-state index contributed by atoms with van der Waals surface area (Å²) < 4.78 is 10.9. The highest BCUT2D eigenvalue weighted by Crippen LogP contribution is 2.42. The van der Waals surface area contributed by atoms with Crippen molar-refractivity contribution in [3.05, 3.63) is 188 Å². The Balaban J connectivity index is 1.18. The van der Waals surface area contributed by atoms with Crippen LogP contribution in [0.25, 0.3) is 111 Å². The van der Waals surface area contributed by atoms with Gasteiger partial charge in [-0.15, -0.1) is 0 Å². The van der Waals surface area contributed by atoms with Gasteiger partial charge in [0.25, 0.3) is 0 Å². The molecule has 12 rings (SSSR count). The largest absolute Gasteiger partial charge is 0.456 e. The predicted molar refractivity (Wildman–Crippen MR) is 232 cm³/mol. The number of rotatable bonds is 5. The fourth-order valence-electron chi connectivity index (χ4n) is 8.80. The summed E-state index contributed by atoms with van der Waals surface area (Å²) in [6.07, 6.45) is 0. The molecule has 0 amide bonds. The molecule has 0 saturated carbocycles. The van der Waals surface area contributed by atoms with Crippen LogP contribution in [0.15, 0.2) is 192 Å². The van der Waals surface area contributed by atoms with E-state index in [0.29, 0.717) is 17.6 Å². The molecule has 0 unspecified atom stereocenters. The number of furan rings is 1. The lowest BCUT2D eigenvalue weighted by Gasteiger charge is -2.15. The maximum absolute atomic E-state index is 6.36. The van der Waals surface area contributed by atoms with Gasteiger partial charge in [-0.05, 0) is 59.7 Å². The van der Waals surface area contributed by atoms with E-state index in [0.717, 1.165) is 71.6 Å². The molecule has 0 spiro atoms. The predicted octanol–water partition coefficient (Wildman–Crippen LogP) is 13.0. The molecule has 0 fully saturated rings. The van der Waals surface area contributed by atoms with Crippen molar-refractivity contribution in [1.82, 2.24) is 24.1 Å². The van der Waals surface area contributed by atoms with E-state index in [2.05, 4.69) is 167 Å². The lowest BCUT2D eigenvalue weighted by molar-refractivity contribution is 0.669. The van der Waals surface area contributed by atoms with E-state index in [-0.39, 0.29) is 0 Å². The van der Waals surface area contributed by atoms with Crippen molar-refractivity contribution in [3.8, 4) is 45.5 Å². The highest BCUT2D eigenvalue weighted by molar-refractivity contribution is 6.16. The molecule has 0 aliphatic rings. The molecule has 6 nitrogen and oxygen atoms in total. The summed E-state index contributed by atoms with van der Waals surface area (Å²) in [4.78, 5) is 16.1. The topological polar surface area (TPSA) is 61.7 Å². The Kier molecular flexibility index (Phi) is 6.83. The molecule has 12 aromatic rings. The van der Waals surface area contributed by atoms with Crippen LogP contribution in [0.3, 0.4) is 0 Å². The third kappa shape index (κ3) is 4.74. The van der Waals surface area contributed by atoms with E-state index in [1.807, 2.05) is 30.3 Å². The van der Waals surface area contributed by atoms with Gasteiger partial charge in [0.05, 0.1) is 27.8 Å². The monoisotopic (exact) mass is 729 g/mol. The second-order valence-corrected chi connectivity index (χ2v) is 14.4. The highest BCUT2D eigenvalue weighted by atomic mass is 16.3. The minimum absolute atomic E-state index is 0.542. The number of aromatic nitrogens is 5. The van der Waals surface area contributed by atoms with Crippen LogP contribution in [0.1, 0.15) is 0 Å². The summed E-state index contributed by atoms with van der Waals surface area (Å²) in [5, 5.41) is 6.65. The van der Waals surface area contributed by atoms with Crippen LogP contribution in [-0.4, -0.2) is 24.1 Å². The van der Waals surface area contributed by atoms with Gasteiger partial charge in [-0.1, -0.05) is 140 Å². The maximum Gasteiger partial charge on any atom is 0.238 e. The van der Waals surface area contributed by atoms with E-state index in [1.54, 1.807) is 0 Å². The number of hydrogen-bond donors (Lipinski definition) is 0. The third-order valence-corrected chi connectivity index (χ3v) is 11.2. The highest BCUT2D eigenvalue weighted by Gasteiger charge is 2.23. The van der Waals surface area contributed by atoms with Crippen LogP contribution >= 0.6 is 0 Å². The van der Waals surface area contributed by atoms with Crippen molar-refractivity contribution < 1.29 is 4.42 Å². The zero-order valence-corrected chi connectivity index (χ0v) is 30.5. The van der Waals surface area contributed by atoms with E-state index in [9.17, 15) is 0 Å². The molecule has 0 saturated heterocycles. The number of para-hydroxylation sites is 5. The minimum Gasteiger partial charge on any atom is -0.456 e. The molecule has 8 aromatic carbocycles. The molecular weight excluding hydrogens is 699 g/mol. The van der Waals surface area contributed by atoms with E-state index in [1.165, 1.54) is 21.9 Å². The lowest BCUT2D eigenvalue weighted by atomic mass is 9.99. The van der Waals surface area contributed by atoms with Crippen molar-refractivity contribution in [1.29, 1.82) is 0 Å². The number of benzene rings is 8. The Hall–Kier alpha value is -7.83. The SMILES string of the molecule is c1ccc(-c2cccc3c2c2ccccc2n3-c2ccccc2-c2nc(-c3cccc4oc5ccccc5c34)nc(-n3c4ccccc4c4ccccc43)n2)cc1. The van der Waals surface area contributed by atoms with Gasteiger partial charge in [-0.2, -0.15) is 9.97 Å². The molecule has 4 heterocycles. The fourth-order valence-corrected chi connectivity index (χ4v) is 8.80. The average molecular weight is 730 g/mol. The lowest BCUT2D eigenvalue weighted by Crippen LogP contribution is -2.08. The quantitative estimate of drug-likeness (QED) is 0.177. The first-order valence-electron chi connectivity index (χ1n) is 19.1. The molecule has 6 heteroatoms. The van der Waals surface area contributed by atoms with E-state index in [4.69, 9.17) is 19.4 Å². The number of hydrogen-bond acceptors (Lipinski definition) is 4. The summed E-state index contributed by atoms with van der Waals surface area (Å²) in [6, 6.07) is 65.5. The Morgan fingerprint density at radius 3 is 1.63 bits per heavy atom. The molecule has 0 bridgehead atoms. The summed E-state index contributed by atoms with van der Waals surface area (Å²) in [5.41, 5.74) is 11.0. The summed E-state index contributed by atoms with van der Waals surface area (Å²) in [7, 11) is 0. The maximum atomic E-state index is 6.36. The van der Waals surface area contributed by atoms with Gasteiger partial charge in [0, 0.05) is 43.4 Å². The Bertz CT molecular complexity index is 3490. The number of nitrogens with zero attached hydrogens (tertiary/aromatic N) is 5. The van der Waals surface area contributed by atoms with Crippen molar-refractivity contribution >= 4 is 65.6 Å². The molecule has 0 aliphatic carbocycles. The molecule has 4 aromatic heterocycles. The zero-order chi connectivity index (χ0) is 37.5. The van der Waals surface area contributed by atoms with Crippen LogP contribution < -0.4 is 0 Å². The van der Waals surface area contributed by atoms with Crippen molar-refractivity contribution in [2.45, 2.75) is 0 Å². The molecule has 0 aliphatic heterocycles. The standard InChI is InChI=1S/C51H31N5O/c1-2-16-32(17-3-1)33-23-14-29-44-47(33)36-20-6-11-27-42(36)55(44)43-28-12-7-21-37(43)49-52-50(39-24-15-31-46-48(39)38-22-8-13-30-45(38)57-46)54-51(53-49)56-40-25-9-4-18-34(40)35-19-5-10-26-41(35)56/h1-31H. The minimum atomic E-state index is 0.542. The van der Waals surface area contributed by atoms with Crippen LogP contribution in [0.5, 0.6) is 0 Å². The van der Waals surface area contributed by atoms with Crippen LogP contribution in [-0.2, 0) is 0 Å². The van der Waals surface area contributed by atoms with Gasteiger partial charge in [0.15, 0.2) is 11.6 Å². The number of fused-ring (bicyclic) bond motifs is 9. The third-order valence-electron chi connectivity index (χ3n) is 11.2. The smallest absolute Gasteiger partial charge is 0.238 e. The van der Waals surface area contributed by atoms with E-state index >= 15 is 0 Å². The Labute approximate surface area is 326 Å². The summed E-state index contributed by atoms with van der Waals surface area (Å²) >= 11 is 0. The van der Waals surface area contributed by atoms with Crippen LogP contribution in [0.2, 0.25) is 0 Å². The normalized spacial score (nSPS) is 11.9. The van der Waals surface area contributed by atoms with Gasteiger partial charge in [-0.25, -0.2) is 4.98 Å². The summed E-state index contributed by atoms with van der Waals surface area (Å²) in [5.74, 6) is 1.68. The first-order valence-corrected chi connectivity index (χ1v) is 19.1.